The van der Waals surface area contributed by atoms with Gasteiger partial charge in [-0.25, -0.2) is 8.42 Å². The molecule has 0 saturated heterocycles. The summed E-state index contributed by atoms with van der Waals surface area (Å²) in [6, 6.07) is 3.69. The summed E-state index contributed by atoms with van der Waals surface area (Å²) < 4.78 is 28.5. The molecule has 3 heterocycles. The molecule has 10 heteroatoms. The van der Waals surface area contributed by atoms with Crippen molar-refractivity contribution in [3.8, 4) is 0 Å². The van der Waals surface area contributed by atoms with Gasteiger partial charge in [0.05, 0.1) is 30.7 Å². The van der Waals surface area contributed by atoms with E-state index in [1.54, 1.807) is 10.9 Å². The Kier molecular flexibility index (Phi) is 4.91. The molecular weight excluding hydrogens is 344 g/mol. The second-order valence-corrected chi connectivity index (χ2v) is 8.19. The Balaban J connectivity index is 1.61. The van der Waals surface area contributed by atoms with Crippen molar-refractivity contribution in [2.24, 2.45) is 0 Å². The minimum Gasteiger partial charge on any atom is -0.349 e. The lowest BCUT2D eigenvalue weighted by atomic mass is 10.3. The molecule has 1 amide bonds. The SMILES string of the molecule is Cc1ccnn1CC(=O)NCc1cc2n(n1)CCCN(S(C)(=O)=O)C2. The number of carbonyl (C=O) groups is 1. The zero-order chi connectivity index (χ0) is 18.0. The van der Waals surface area contributed by atoms with Gasteiger partial charge < -0.3 is 5.32 Å². The predicted molar refractivity (Wildman–Crippen MR) is 90.9 cm³/mol. The molecule has 2 aromatic heterocycles. The van der Waals surface area contributed by atoms with Crippen LogP contribution in [0.3, 0.4) is 0 Å². The molecule has 0 aliphatic carbocycles. The van der Waals surface area contributed by atoms with E-state index in [9.17, 15) is 13.2 Å². The summed E-state index contributed by atoms with van der Waals surface area (Å²) in [5.41, 5.74) is 2.48. The standard InChI is InChI=1S/C15H22N6O3S/c1-12-4-5-17-21(12)11-15(22)16-9-13-8-14-10-19(25(2,23)24)6-3-7-20(14)18-13/h4-5,8H,3,6-7,9-11H2,1-2H3,(H,16,22). The second kappa shape index (κ2) is 6.96. The molecule has 0 fully saturated rings. The molecule has 0 radical (unpaired) electrons. The molecule has 0 unspecified atom stereocenters. The zero-order valence-electron chi connectivity index (χ0n) is 14.3. The molecule has 1 aliphatic rings. The fraction of sp³-hybridized carbons (Fsp3) is 0.533. The number of nitrogens with zero attached hydrogens (tertiary/aromatic N) is 5. The number of aromatic nitrogens is 4. The Bertz CT molecular complexity index is 870. The number of hydrogen-bond donors (Lipinski definition) is 1. The van der Waals surface area contributed by atoms with Gasteiger partial charge in [0.2, 0.25) is 15.9 Å². The first-order valence-electron chi connectivity index (χ1n) is 8.09. The molecule has 0 atom stereocenters. The maximum absolute atomic E-state index is 12.0. The number of carbonyl (C=O) groups excluding carboxylic acids is 1. The Hall–Kier alpha value is -2.20. The first-order chi connectivity index (χ1) is 11.8. The van der Waals surface area contributed by atoms with Gasteiger partial charge in [-0.1, -0.05) is 0 Å². The first kappa shape index (κ1) is 17.6. The first-order valence-corrected chi connectivity index (χ1v) is 9.93. The summed E-state index contributed by atoms with van der Waals surface area (Å²) in [7, 11) is -3.23. The van der Waals surface area contributed by atoms with Gasteiger partial charge in [0.15, 0.2) is 0 Å². The van der Waals surface area contributed by atoms with Gasteiger partial charge in [0.25, 0.3) is 0 Å². The van der Waals surface area contributed by atoms with Crippen LogP contribution in [0.5, 0.6) is 0 Å². The van der Waals surface area contributed by atoms with Crippen LogP contribution in [0.2, 0.25) is 0 Å². The fourth-order valence-electron chi connectivity index (χ4n) is 2.81. The van der Waals surface area contributed by atoms with Gasteiger partial charge in [-0.3, -0.25) is 14.2 Å². The average molecular weight is 366 g/mol. The van der Waals surface area contributed by atoms with Crippen molar-refractivity contribution >= 4 is 15.9 Å². The van der Waals surface area contributed by atoms with E-state index in [2.05, 4.69) is 15.5 Å². The number of rotatable bonds is 5. The van der Waals surface area contributed by atoms with Crippen LogP contribution in [0.15, 0.2) is 18.3 Å². The average Bonchev–Trinajstić information content (AvgIpc) is 3.04. The van der Waals surface area contributed by atoms with Gasteiger partial charge in [0.1, 0.15) is 6.54 Å². The van der Waals surface area contributed by atoms with E-state index in [-0.39, 0.29) is 12.5 Å². The van der Waals surface area contributed by atoms with E-state index in [0.717, 1.165) is 17.1 Å². The van der Waals surface area contributed by atoms with Crippen LogP contribution in [0.25, 0.3) is 0 Å². The Labute approximate surface area is 146 Å². The van der Waals surface area contributed by atoms with E-state index in [1.165, 1.54) is 10.6 Å². The van der Waals surface area contributed by atoms with Crippen LogP contribution in [0, 0.1) is 6.92 Å². The molecule has 9 nitrogen and oxygen atoms in total. The predicted octanol–water partition coefficient (Wildman–Crippen LogP) is -0.130. The lowest BCUT2D eigenvalue weighted by Gasteiger charge is -2.16. The second-order valence-electron chi connectivity index (χ2n) is 6.21. The molecule has 0 spiro atoms. The van der Waals surface area contributed by atoms with Gasteiger partial charge in [-0.15, -0.1) is 0 Å². The molecule has 136 valence electrons. The summed E-state index contributed by atoms with van der Waals surface area (Å²) >= 11 is 0. The topological polar surface area (TPSA) is 102 Å². The van der Waals surface area contributed by atoms with Crippen molar-refractivity contribution < 1.29 is 13.2 Å². The summed E-state index contributed by atoms with van der Waals surface area (Å²) in [6.45, 7) is 3.83. The molecule has 1 aliphatic heterocycles. The Morgan fingerprint density at radius 2 is 2.16 bits per heavy atom. The molecule has 2 aromatic rings. The van der Waals surface area contributed by atoms with E-state index in [4.69, 9.17) is 0 Å². The van der Waals surface area contributed by atoms with E-state index in [1.807, 2.05) is 23.7 Å². The highest BCUT2D eigenvalue weighted by Gasteiger charge is 2.22. The zero-order valence-corrected chi connectivity index (χ0v) is 15.2. The normalized spacial score (nSPS) is 15.6. The highest BCUT2D eigenvalue weighted by atomic mass is 32.2. The van der Waals surface area contributed by atoms with Crippen LogP contribution < -0.4 is 5.32 Å². The van der Waals surface area contributed by atoms with Crippen LogP contribution in [0.1, 0.15) is 23.5 Å². The van der Waals surface area contributed by atoms with Crippen molar-refractivity contribution in [2.45, 2.75) is 39.5 Å². The lowest BCUT2D eigenvalue weighted by molar-refractivity contribution is -0.122. The maximum Gasteiger partial charge on any atom is 0.242 e. The number of sulfonamides is 1. The number of nitrogens with one attached hydrogen (secondary N) is 1. The van der Waals surface area contributed by atoms with Crippen molar-refractivity contribution in [1.29, 1.82) is 0 Å². The lowest BCUT2D eigenvalue weighted by Crippen LogP contribution is -2.29. The summed E-state index contributed by atoms with van der Waals surface area (Å²) in [4.78, 5) is 12.0. The van der Waals surface area contributed by atoms with Crippen LogP contribution >= 0.6 is 0 Å². The molecule has 0 bridgehead atoms. The van der Waals surface area contributed by atoms with Crippen molar-refractivity contribution in [2.75, 3.05) is 12.8 Å². The Morgan fingerprint density at radius 1 is 1.36 bits per heavy atom. The number of aryl methyl sites for hydroxylation is 2. The van der Waals surface area contributed by atoms with Gasteiger partial charge >= 0.3 is 0 Å². The molecule has 3 rings (SSSR count). The smallest absolute Gasteiger partial charge is 0.242 e. The largest absolute Gasteiger partial charge is 0.349 e. The molecule has 1 N–H and O–H groups in total. The molecule has 0 aromatic carbocycles. The fourth-order valence-corrected chi connectivity index (χ4v) is 3.63. The quantitative estimate of drug-likeness (QED) is 0.794. The maximum atomic E-state index is 12.0. The van der Waals surface area contributed by atoms with E-state index < -0.39 is 10.0 Å². The Morgan fingerprint density at radius 3 is 2.84 bits per heavy atom. The van der Waals surface area contributed by atoms with Gasteiger partial charge in [-0.05, 0) is 25.5 Å². The summed E-state index contributed by atoms with van der Waals surface area (Å²) in [5, 5.41) is 11.4. The minimum atomic E-state index is -3.23. The van der Waals surface area contributed by atoms with Crippen LogP contribution in [-0.2, 0) is 41.0 Å². The van der Waals surface area contributed by atoms with Crippen LogP contribution in [-0.4, -0.2) is 51.0 Å². The van der Waals surface area contributed by atoms with Gasteiger partial charge in [-0.2, -0.15) is 14.5 Å². The van der Waals surface area contributed by atoms with E-state index in [0.29, 0.717) is 32.6 Å². The number of amides is 1. The molecular formula is C15H22N6O3S. The number of fused-ring (bicyclic) bond motifs is 1. The minimum absolute atomic E-state index is 0.146. The third-order valence-electron chi connectivity index (χ3n) is 4.19. The molecule has 0 saturated carbocycles. The third kappa shape index (κ3) is 4.26. The van der Waals surface area contributed by atoms with Crippen molar-refractivity contribution in [1.82, 2.24) is 29.2 Å². The van der Waals surface area contributed by atoms with Crippen LogP contribution in [0.4, 0.5) is 0 Å². The third-order valence-corrected chi connectivity index (χ3v) is 5.44. The van der Waals surface area contributed by atoms with Crippen molar-refractivity contribution in [3.63, 3.8) is 0 Å². The van der Waals surface area contributed by atoms with E-state index >= 15 is 0 Å². The highest BCUT2D eigenvalue weighted by molar-refractivity contribution is 7.88. The van der Waals surface area contributed by atoms with Gasteiger partial charge in [0, 0.05) is 25.0 Å². The highest BCUT2D eigenvalue weighted by Crippen LogP contribution is 2.16. The monoisotopic (exact) mass is 366 g/mol. The van der Waals surface area contributed by atoms with Crippen molar-refractivity contribution in [3.05, 3.63) is 35.4 Å². The summed E-state index contributed by atoms with van der Waals surface area (Å²) in [5.74, 6) is -0.146. The molecule has 25 heavy (non-hydrogen) atoms. The summed E-state index contributed by atoms with van der Waals surface area (Å²) in [6.07, 6.45) is 3.59. The number of hydrogen-bond acceptors (Lipinski definition) is 5.